The average Bonchev–Trinajstić information content (AvgIpc) is 3.46. The predicted molar refractivity (Wildman–Crippen MR) is 177 cm³/mol. The van der Waals surface area contributed by atoms with Crippen molar-refractivity contribution >= 4 is 21.9 Å². The Balaban J connectivity index is 1.32. The smallest absolute Gasteiger partial charge is 0.144 e. The number of nitrogens with zero attached hydrogens (tertiary/aromatic N) is 1. The van der Waals surface area contributed by atoms with Gasteiger partial charge in [-0.25, -0.2) is 0 Å². The van der Waals surface area contributed by atoms with E-state index in [9.17, 15) is 0 Å². The lowest BCUT2D eigenvalue weighted by Crippen LogP contribution is -2.20. The highest BCUT2D eigenvalue weighted by Gasteiger charge is 2.27. The van der Waals surface area contributed by atoms with Crippen LogP contribution in [0.3, 0.4) is 0 Å². The molecule has 2 nitrogen and oxygen atoms in total. The van der Waals surface area contributed by atoms with Crippen LogP contribution in [-0.2, 0) is 0 Å². The lowest BCUT2D eigenvalue weighted by Gasteiger charge is -2.34. The van der Waals surface area contributed by atoms with Crippen molar-refractivity contribution in [1.82, 2.24) is 4.98 Å². The molecule has 42 heavy (non-hydrogen) atoms. The second kappa shape index (κ2) is 10.3. The number of furan rings is 1. The Morgan fingerprint density at radius 3 is 2.24 bits per heavy atom. The minimum absolute atomic E-state index is 0.180. The van der Waals surface area contributed by atoms with Crippen molar-refractivity contribution in [2.24, 2.45) is 5.41 Å². The highest BCUT2D eigenvalue weighted by atomic mass is 16.3. The van der Waals surface area contributed by atoms with Gasteiger partial charge in [0.2, 0.25) is 0 Å². The molecule has 2 heterocycles. The van der Waals surface area contributed by atoms with Crippen LogP contribution < -0.4 is 0 Å². The van der Waals surface area contributed by atoms with Crippen molar-refractivity contribution in [3.8, 4) is 33.5 Å². The molecule has 0 atom stereocenters. The highest BCUT2D eigenvalue weighted by Crippen LogP contribution is 2.44. The third kappa shape index (κ3) is 4.73. The molecular formula is C40H39NO. The first-order chi connectivity index (χ1) is 23.0. The predicted octanol–water partition coefficient (Wildman–Crippen LogP) is 11.6. The number of benzene rings is 4. The van der Waals surface area contributed by atoms with E-state index in [2.05, 4.69) is 43.1 Å². The molecule has 0 unspecified atom stereocenters. The zero-order valence-electron chi connectivity index (χ0n) is 31.3. The second-order valence-electron chi connectivity index (χ2n) is 12.5. The van der Waals surface area contributed by atoms with Crippen LogP contribution in [0.25, 0.3) is 55.4 Å². The van der Waals surface area contributed by atoms with Crippen molar-refractivity contribution in [3.05, 3.63) is 113 Å². The molecule has 0 bridgehead atoms. The Kier molecular flexibility index (Phi) is 4.86. The lowest BCUT2D eigenvalue weighted by atomic mass is 9.71. The van der Waals surface area contributed by atoms with Crippen LogP contribution in [0.2, 0.25) is 0 Å². The van der Waals surface area contributed by atoms with E-state index in [0.717, 1.165) is 64.3 Å². The zero-order valence-corrected chi connectivity index (χ0v) is 24.3. The van der Waals surface area contributed by atoms with Crippen LogP contribution in [0.1, 0.15) is 77.3 Å². The van der Waals surface area contributed by atoms with Gasteiger partial charge in [-0.1, -0.05) is 80.6 Å². The number of aromatic nitrogens is 1. The molecule has 0 spiro atoms. The second-order valence-corrected chi connectivity index (χ2v) is 12.5. The molecular weight excluding hydrogens is 510 g/mol. The van der Waals surface area contributed by atoms with Gasteiger partial charge in [-0.3, -0.25) is 4.98 Å². The molecule has 0 radical (unpaired) electrons. The van der Waals surface area contributed by atoms with Gasteiger partial charge in [-0.05, 0) is 115 Å². The van der Waals surface area contributed by atoms with Crippen LogP contribution in [0.4, 0.5) is 0 Å². The molecule has 0 saturated heterocycles. The molecule has 0 amide bonds. The minimum Gasteiger partial charge on any atom is -0.455 e. The summed E-state index contributed by atoms with van der Waals surface area (Å²) in [7, 11) is 0. The lowest BCUT2D eigenvalue weighted by molar-refractivity contribution is 0.224. The number of para-hydroxylation sites is 1. The van der Waals surface area contributed by atoms with Gasteiger partial charge in [0.1, 0.15) is 11.2 Å². The Labute approximate surface area is 259 Å². The Hall–Kier alpha value is -4.17. The Bertz CT molecular complexity index is 2180. The van der Waals surface area contributed by atoms with Gasteiger partial charge < -0.3 is 4.42 Å². The first-order valence-electron chi connectivity index (χ1n) is 18.2. The summed E-state index contributed by atoms with van der Waals surface area (Å²) in [5.41, 5.74) is 7.83. The van der Waals surface area contributed by atoms with Crippen molar-refractivity contribution in [3.63, 3.8) is 0 Å². The maximum Gasteiger partial charge on any atom is 0.144 e. The summed E-state index contributed by atoms with van der Waals surface area (Å²) in [5.74, 6) is -0.554. The zero-order chi connectivity index (χ0) is 34.9. The molecule has 2 heteroatoms. The summed E-state index contributed by atoms with van der Waals surface area (Å²) in [6.45, 7) is 1.77. The first-order valence-corrected chi connectivity index (χ1v) is 14.7. The highest BCUT2D eigenvalue weighted by molar-refractivity contribution is 6.14. The summed E-state index contributed by atoms with van der Waals surface area (Å²) >= 11 is 0. The number of aryl methyl sites for hydroxylation is 3. The van der Waals surface area contributed by atoms with Crippen molar-refractivity contribution < 1.29 is 14.0 Å². The van der Waals surface area contributed by atoms with Crippen molar-refractivity contribution in [2.45, 2.75) is 66.1 Å². The maximum absolute atomic E-state index is 9.14. The molecule has 0 N–H and O–H groups in total. The fraction of sp³-hybridized carbons (Fsp3) is 0.275. The molecule has 210 valence electrons. The standard InChI is InChI=1S/C40H39NO/c1-25-19-22-41-35(23-25)33-7-6-8-34-37-27(3)24-26(2)36(39(37)42-38(33)34)32-15-13-29(14-16-32)28-9-11-30(12-10-28)31-17-20-40(4,5)21-18-31/h6-16,19,22-24,31H,17-18,20-21H2,1-5H3/i1D3,2D3,31D. The van der Waals surface area contributed by atoms with E-state index in [1.165, 1.54) is 12.3 Å². The minimum atomic E-state index is -2.40. The van der Waals surface area contributed by atoms with E-state index in [4.69, 9.17) is 14.0 Å². The van der Waals surface area contributed by atoms with Gasteiger partial charge in [0.05, 0.1) is 5.69 Å². The maximum atomic E-state index is 9.14. The number of hydrogen-bond donors (Lipinski definition) is 0. The normalized spacial score (nSPS) is 19.3. The SMILES string of the molecule is [2H]C([2H])([2H])c1ccnc(-c2cccc3c2oc2c(-c4ccc(-c5ccc(C6([2H])CCC(C)(C)CC6)cc5)cc4)c(C([2H])([2H])[2H])cc(C)c23)c1. The van der Waals surface area contributed by atoms with E-state index in [1.807, 2.05) is 49.4 Å². The third-order valence-corrected chi connectivity index (χ3v) is 9.01. The Morgan fingerprint density at radius 1 is 0.810 bits per heavy atom. The van der Waals surface area contributed by atoms with Crippen LogP contribution in [0.15, 0.2) is 95.5 Å². The van der Waals surface area contributed by atoms with Gasteiger partial charge in [-0.2, -0.15) is 0 Å². The quantitative estimate of drug-likeness (QED) is 0.216. The number of rotatable bonds is 4. The van der Waals surface area contributed by atoms with Crippen LogP contribution >= 0.6 is 0 Å². The summed E-state index contributed by atoms with van der Waals surface area (Å²) in [4.78, 5) is 4.47. The summed E-state index contributed by atoms with van der Waals surface area (Å²) in [5, 5.41) is 1.61. The number of pyridine rings is 1. The van der Waals surface area contributed by atoms with Crippen LogP contribution in [-0.4, -0.2) is 4.98 Å². The fourth-order valence-corrected chi connectivity index (χ4v) is 6.48. The molecule has 0 aliphatic heterocycles. The first kappa shape index (κ1) is 19.9. The molecule has 2 aromatic heterocycles. The van der Waals surface area contributed by atoms with E-state index in [1.54, 1.807) is 12.1 Å². The molecule has 4 aromatic carbocycles. The van der Waals surface area contributed by atoms with E-state index in [0.29, 0.717) is 33.4 Å². The van der Waals surface area contributed by atoms with Crippen LogP contribution in [0, 0.1) is 26.0 Å². The monoisotopic (exact) mass is 556 g/mol. The summed E-state index contributed by atoms with van der Waals surface area (Å²) in [6, 6.07) is 26.6. The van der Waals surface area contributed by atoms with Crippen LogP contribution in [0.5, 0.6) is 0 Å². The Morgan fingerprint density at radius 2 is 1.52 bits per heavy atom. The summed E-state index contributed by atoms with van der Waals surface area (Å²) < 4.78 is 64.8. The van der Waals surface area contributed by atoms with Gasteiger partial charge in [0.25, 0.3) is 0 Å². The fourth-order valence-electron chi connectivity index (χ4n) is 6.48. The topological polar surface area (TPSA) is 26.0 Å². The molecule has 7 rings (SSSR count). The van der Waals surface area contributed by atoms with Gasteiger partial charge in [-0.15, -0.1) is 0 Å². The largest absolute Gasteiger partial charge is 0.455 e. The number of fused-ring (bicyclic) bond motifs is 3. The van der Waals surface area contributed by atoms with E-state index >= 15 is 0 Å². The average molecular weight is 557 g/mol. The molecule has 1 aliphatic carbocycles. The third-order valence-electron chi connectivity index (χ3n) is 9.01. The molecule has 1 aliphatic rings. The van der Waals surface area contributed by atoms with Gasteiger partial charge >= 0.3 is 0 Å². The van der Waals surface area contributed by atoms with Gasteiger partial charge in [0.15, 0.2) is 0 Å². The van der Waals surface area contributed by atoms with E-state index < -0.39 is 19.6 Å². The summed E-state index contributed by atoms with van der Waals surface area (Å²) in [6.07, 6.45) is 5.30. The number of hydrogen-bond acceptors (Lipinski definition) is 2. The molecule has 1 saturated carbocycles. The van der Waals surface area contributed by atoms with Gasteiger partial charge in [0, 0.05) is 37.7 Å². The molecule has 1 fully saturated rings. The van der Waals surface area contributed by atoms with Crippen molar-refractivity contribution in [2.75, 3.05) is 0 Å². The molecule has 6 aromatic rings. The van der Waals surface area contributed by atoms with Crippen molar-refractivity contribution in [1.29, 1.82) is 0 Å². The van der Waals surface area contributed by atoms with E-state index in [-0.39, 0.29) is 11.1 Å².